The third kappa shape index (κ3) is 11.3. The molecule has 2 aliphatic heterocycles. The molecule has 0 radical (unpaired) electrons. The van der Waals surface area contributed by atoms with Crippen molar-refractivity contribution >= 4 is 51.4 Å². The van der Waals surface area contributed by atoms with Gasteiger partial charge in [-0.05, 0) is 0 Å². The fourth-order valence-corrected chi connectivity index (χ4v) is 4.74. The first-order valence-electron chi connectivity index (χ1n) is 13.3. The Balaban J connectivity index is 2.64. The van der Waals surface area contributed by atoms with E-state index in [1.54, 1.807) is 0 Å². The average Bonchev–Trinajstić information content (AvgIpc) is 2.90. The highest BCUT2D eigenvalue weighted by Crippen LogP contribution is 2.35. The molecule has 254 valence electrons. The summed E-state index contributed by atoms with van der Waals surface area (Å²) in [7, 11) is 1.90. The minimum Gasteiger partial charge on any atom is -0.463 e. The van der Waals surface area contributed by atoms with Crippen LogP contribution >= 0.6 is 9.47 Å². The fourth-order valence-electron chi connectivity index (χ4n) is 4.52. The number of carbonyl (C=O) groups excluding carboxylic acids is 7. The van der Waals surface area contributed by atoms with Gasteiger partial charge in [0.25, 0.3) is 0 Å². The zero-order chi connectivity index (χ0) is 34.0. The molecular weight excluding hydrogens is 633 g/mol. The van der Waals surface area contributed by atoms with Gasteiger partial charge in [0.2, 0.25) is 0 Å². The molecule has 0 bridgehead atoms. The summed E-state index contributed by atoms with van der Waals surface area (Å²) in [5.41, 5.74) is 5.28. The van der Waals surface area contributed by atoms with Crippen molar-refractivity contribution in [2.24, 2.45) is 5.73 Å². The normalized spacial score (nSPS) is 31.0. The first kappa shape index (κ1) is 37.5. The van der Waals surface area contributed by atoms with E-state index < -0.39 is 117 Å². The predicted molar refractivity (Wildman–Crippen MR) is 143 cm³/mol. The molecule has 0 aliphatic carbocycles. The number of esters is 6. The topological polar surface area (TPSA) is 247 Å². The predicted octanol–water partition coefficient (Wildman–Crippen LogP) is -1.05. The second-order valence-electron chi connectivity index (χ2n) is 9.63. The van der Waals surface area contributed by atoms with E-state index in [2.05, 4.69) is 0 Å². The van der Waals surface area contributed by atoms with Crippen LogP contribution in [0.4, 0.5) is 4.79 Å². The highest BCUT2D eigenvalue weighted by atomic mass is 31.0. The van der Waals surface area contributed by atoms with Gasteiger partial charge in [-0.25, -0.2) is 4.79 Å². The molecule has 0 aromatic carbocycles. The minimum absolute atomic E-state index is 0.474. The maximum absolute atomic E-state index is 12.2. The number of carbonyl (C=O) groups is 7. The summed E-state index contributed by atoms with van der Waals surface area (Å²) in [5, 5.41) is 0. The molecule has 2 saturated heterocycles. The Kier molecular flexibility index (Phi) is 14.3. The third-order valence-corrected chi connectivity index (χ3v) is 6.24. The summed E-state index contributed by atoms with van der Waals surface area (Å²) in [6, 6.07) is 0. The summed E-state index contributed by atoms with van der Waals surface area (Å²) in [5.74, 6) is -4.98. The average molecular weight is 670 g/mol. The van der Waals surface area contributed by atoms with E-state index in [0.29, 0.717) is 0 Å². The Bertz CT molecular complexity index is 1120. The van der Waals surface area contributed by atoms with Crippen LogP contribution in [0.1, 0.15) is 41.5 Å². The van der Waals surface area contributed by atoms with E-state index in [0.717, 1.165) is 41.5 Å². The Morgan fingerprint density at radius 3 is 1.27 bits per heavy atom. The van der Waals surface area contributed by atoms with Crippen LogP contribution in [0.2, 0.25) is 0 Å². The SMILES string of the molecule is CC(=O)OC[C@@H]1O[C@H](OP)[C@@H](O[C@H]2O[C@H](COC(C)=O)[C@@H](OC(C)=O)[C@H](OC(C)=O)[C@@H]2OC(N)=O)[C@@H](OC(C)=O)[C@@H]1OC(C)=O. The molecule has 2 heterocycles. The van der Waals surface area contributed by atoms with Gasteiger partial charge < -0.3 is 57.6 Å². The van der Waals surface area contributed by atoms with Crippen molar-refractivity contribution in [2.45, 2.75) is 103 Å². The Morgan fingerprint density at radius 2 is 0.911 bits per heavy atom. The van der Waals surface area contributed by atoms with E-state index in [1.165, 1.54) is 0 Å². The molecule has 11 atom stereocenters. The van der Waals surface area contributed by atoms with Crippen molar-refractivity contribution in [3.63, 3.8) is 0 Å². The van der Waals surface area contributed by atoms with Crippen molar-refractivity contribution in [1.82, 2.24) is 0 Å². The third-order valence-electron chi connectivity index (χ3n) is 5.97. The number of amides is 1. The molecule has 45 heavy (non-hydrogen) atoms. The monoisotopic (exact) mass is 669 g/mol. The van der Waals surface area contributed by atoms with E-state index in [1.807, 2.05) is 9.47 Å². The summed E-state index contributed by atoms with van der Waals surface area (Å²) in [6.07, 6.45) is -17.0. The maximum Gasteiger partial charge on any atom is 0.405 e. The molecule has 1 amide bonds. The Morgan fingerprint density at radius 1 is 0.533 bits per heavy atom. The summed E-state index contributed by atoms with van der Waals surface area (Å²) < 4.78 is 59.8. The van der Waals surface area contributed by atoms with Crippen molar-refractivity contribution in [1.29, 1.82) is 0 Å². The van der Waals surface area contributed by atoms with Gasteiger partial charge >= 0.3 is 41.9 Å². The maximum atomic E-state index is 12.2. The summed E-state index contributed by atoms with van der Waals surface area (Å²) >= 11 is 0. The van der Waals surface area contributed by atoms with Crippen LogP contribution in [-0.4, -0.2) is 117 Å². The van der Waals surface area contributed by atoms with E-state index in [9.17, 15) is 33.6 Å². The largest absolute Gasteiger partial charge is 0.463 e. The zero-order valence-electron chi connectivity index (χ0n) is 25.2. The van der Waals surface area contributed by atoms with Crippen LogP contribution < -0.4 is 5.73 Å². The Hall–Kier alpha value is -3.64. The van der Waals surface area contributed by atoms with Gasteiger partial charge in [0.1, 0.15) is 25.4 Å². The van der Waals surface area contributed by atoms with E-state index in [-0.39, 0.29) is 0 Å². The van der Waals surface area contributed by atoms with E-state index >= 15 is 0 Å². The van der Waals surface area contributed by atoms with Crippen LogP contribution in [0.15, 0.2) is 0 Å². The highest BCUT2D eigenvalue weighted by Gasteiger charge is 2.57. The molecule has 1 unspecified atom stereocenters. The quantitative estimate of drug-likeness (QED) is 0.148. The number of ether oxygens (including phenoxy) is 10. The molecule has 2 N–H and O–H groups in total. The molecule has 2 fully saturated rings. The van der Waals surface area contributed by atoms with Gasteiger partial charge in [-0.3, -0.25) is 28.8 Å². The lowest BCUT2D eigenvalue weighted by Gasteiger charge is -2.48. The van der Waals surface area contributed by atoms with Crippen LogP contribution in [0.25, 0.3) is 0 Å². The van der Waals surface area contributed by atoms with Gasteiger partial charge in [0.05, 0.1) is 0 Å². The number of primary amides is 1. The fraction of sp³-hybridized carbons (Fsp3) is 0.720. The smallest absolute Gasteiger partial charge is 0.405 e. The number of rotatable bonds is 12. The van der Waals surface area contributed by atoms with Crippen LogP contribution in [0.5, 0.6) is 0 Å². The number of nitrogens with two attached hydrogens (primary N) is 1. The second-order valence-corrected chi connectivity index (χ2v) is 9.90. The molecule has 20 heteroatoms. The number of hydrogen-bond donors (Lipinski definition) is 1. The molecule has 2 aliphatic rings. The zero-order valence-corrected chi connectivity index (χ0v) is 26.3. The van der Waals surface area contributed by atoms with Gasteiger partial charge in [-0.15, -0.1) is 0 Å². The minimum atomic E-state index is -1.83. The lowest BCUT2D eigenvalue weighted by molar-refractivity contribution is -0.357. The standard InChI is InChI=1S/C25H36NO18P/c1-9(27)34-7-15-17(36-11(3)29)19(38-13(5)31)21(43-25(26)33)23(40-15)42-22-20(39-14(6)32)18(37-12(4)30)16(8-35-10(2)28)41-24(22)44-45/h15-24H,7-8,45H2,1-6H3,(H2,26,33)/t15-,16+,17-,18-,19+,20+,21+,22+,23-,24-/m1/s1. The van der Waals surface area contributed by atoms with Crippen molar-refractivity contribution in [2.75, 3.05) is 13.2 Å². The van der Waals surface area contributed by atoms with Crippen molar-refractivity contribution in [3.8, 4) is 0 Å². The number of hydrogen-bond acceptors (Lipinski definition) is 18. The van der Waals surface area contributed by atoms with Gasteiger partial charge in [0, 0.05) is 51.0 Å². The highest BCUT2D eigenvalue weighted by molar-refractivity contribution is 7.09. The molecule has 0 aromatic rings. The van der Waals surface area contributed by atoms with Crippen LogP contribution in [0, 0.1) is 0 Å². The van der Waals surface area contributed by atoms with Crippen molar-refractivity contribution in [3.05, 3.63) is 0 Å². The second kappa shape index (κ2) is 17.2. The molecule has 2 rings (SSSR count). The van der Waals surface area contributed by atoms with Gasteiger partial charge in [0.15, 0.2) is 49.2 Å². The van der Waals surface area contributed by atoms with Crippen LogP contribution in [-0.2, 0) is 80.7 Å². The lowest BCUT2D eigenvalue weighted by Crippen LogP contribution is -2.67. The lowest BCUT2D eigenvalue weighted by atomic mass is 9.96. The molecule has 0 spiro atoms. The summed E-state index contributed by atoms with van der Waals surface area (Å²) in [4.78, 5) is 83.5. The van der Waals surface area contributed by atoms with E-state index in [4.69, 9.17) is 57.6 Å². The van der Waals surface area contributed by atoms with Gasteiger partial charge in [-0.1, -0.05) is 0 Å². The molecule has 19 nitrogen and oxygen atoms in total. The molecule has 0 aromatic heterocycles. The molecule has 0 saturated carbocycles. The molecular formula is C25H36NO18P. The first-order chi connectivity index (χ1) is 21.0. The van der Waals surface area contributed by atoms with Gasteiger partial charge in [-0.2, -0.15) is 0 Å². The summed E-state index contributed by atoms with van der Waals surface area (Å²) in [6.45, 7) is 5.30. The first-order valence-corrected chi connectivity index (χ1v) is 13.7. The van der Waals surface area contributed by atoms with Crippen molar-refractivity contribution < 1.29 is 85.5 Å². The van der Waals surface area contributed by atoms with Crippen LogP contribution in [0.3, 0.4) is 0 Å². The Labute approximate surface area is 259 Å².